The van der Waals surface area contributed by atoms with Crippen LogP contribution in [0.1, 0.15) is 23.2 Å². The zero-order chi connectivity index (χ0) is 22.3. The van der Waals surface area contributed by atoms with Gasteiger partial charge in [0.25, 0.3) is 5.91 Å². The minimum absolute atomic E-state index is 0.0425. The lowest BCUT2D eigenvalue weighted by Gasteiger charge is -2.20. The SMILES string of the molecule is COc1cc(OC)cc(C(=O)NC(=NCC2CCCO2)Nc2ccc3c(c2)OCCO3)c1. The monoisotopic (exact) mass is 441 g/mol. The second-order valence-corrected chi connectivity index (χ2v) is 7.36. The van der Waals surface area contributed by atoms with Gasteiger partial charge >= 0.3 is 0 Å². The zero-order valence-electron chi connectivity index (χ0n) is 18.2. The van der Waals surface area contributed by atoms with Crippen LogP contribution in [-0.2, 0) is 4.74 Å². The van der Waals surface area contributed by atoms with E-state index in [1.165, 1.54) is 14.2 Å². The predicted octanol–water partition coefficient (Wildman–Crippen LogP) is 2.85. The fraction of sp³-hybridized carbons (Fsp3) is 0.391. The van der Waals surface area contributed by atoms with E-state index in [1.54, 1.807) is 18.2 Å². The Morgan fingerprint density at radius 3 is 2.47 bits per heavy atom. The third kappa shape index (κ3) is 5.42. The Kier molecular flexibility index (Phi) is 6.96. The first-order valence-electron chi connectivity index (χ1n) is 10.5. The lowest BCUT2D eigenvalue weighted by molar-refractivity contribution is 0.0975. The number of carbonyl (C=O) groups excluding carboxylic acids is 1. The minimum Gasteiger partial charge on any atom is -0.497 e. The lowest BCUT2D eigenvalue weighted by Crippen LogP contribution is -2.36. The molecule has 0 radical (unpaired) electrons. The van der Waals surface area contributed by atoms with Crippen molar-refractivity contribution in [2.75, 3.05) is 45.9 Å². The molecule has 1 unspecified atom stereocenters. The summed E-state index contributed by atoms with van der Waals surface area (Å²) in [4.78, 5) is 17.6. The summed E-state index contributed by atoms with van der Waals surface area (Å²) >= 11 is 0. The Balaban J connectivity index is 1.54. The Bertz CT molecular complexity index is 965. The summed E-state index contributed by atoms with van der Waals surface area (Å²) in [6.07, 6.45) is 2.00. The van der Waals surface area contributed by atoms with Crippen LogP contribution in [0.25, 0.3) is 0 Å². The molecule has 9 nitrogen and oxygen atoms in total. The van der Waals surface area contributed by atoms with Crippen LogP contribution in [0, 0.1) is 0 Å². The third-order valence-electron chi connectivity index (χ3n) is 5.13. The molecule has 0 spiro atoms. The molecule has 2 aromatic rings. The molecule has 0 aliphatic carbocycles. The molecule has 2 aliphatic heterocycles. The first kappa shape index (κ1) is 21.8. The Hall–Kier alpha value is -3.46. The Morgan fingerprint density at radius 2 is 1.78 bits per heavy atom. The maximum absolute atomic E-state index is 13.0. The van der Waals surface area contributed by atoms with Crippen molar-refractivity contribution in [1.29, 1.82) is 0 Å². The molecule has 1 amide bonds. The van der Waals surface area contributed by atoms with E-state index >= 15 is 0 Å². The van der Waals surface area contributed by atoms with E-state index in [4.69, 9.17) is 23.7 Å². The molecular weight excluding hydrogens is 414 g/mol. The van der Waals surface area contributed by atoms with Crippen LogP contribution >= 0.6 is 0 Å². The maximum atomic E-state index is 13.0. The molecule has 0 aromatic heterocycles. The van der Waals surface area contributed by atoms with Gasteiger partial charge in [-0.05, 0) is 37.1 Å². The fourth-order valence-electron chi connectivity index (χ4n) is 3.47. The Morgan fingerprint density at radius 1 is 1.03 bits per heavy atom. The molecule has 32 heavy (non-hydrogen) atoms. The lowest BCUT2D eigenvalue weighted by atomic mass is 10.2. The molecular formula is C23H27N3O6. The van der Waals surface area contributed by atoms with Crippen molar-refractivity contribution >= 4 is 17.6 Å². The van der Waals surface area contributed by atoms with E-state index in [9.17, 15) is 4.79 Å². The molecule has 1 saturated heterocycles. The standard InChI is InChI=1S/C23H27N3O6/c1-28-18-10-15(11-19(13-18)29-2)22(27)26-23(24-14-17-4-3-7-30-17)25-16-5-6-20-21(12-16)32-9-8-31-20/h5-6,10-13,17H,3-4,7-9,14H2,1-2H3,(H2,24,25,26,27). The highest BCUT2D eigenvalue weighted by atomic mass is 16.6. The minimum atomic E-state index is -0.349. The smallest absolute Gasteiger partial charge is 0.258 e. The van der Waals surface area contributed by atoms with Crippen molar-refractivity contribution < 1.29 is 28.5 Å². The van der Waals surface area contributed by atoms with Crippen molar-refractivity contribution in [1.82, 2.24) is 5.32 Å². The molecule has 1 atom stereocenters. The number of amides is 1. The number of nitrogens with zero attached hydrogens (tertiary/aromatic N) is 1. The summed E-state index contributed by atoms with van der Waals surface area (Å²) < 4.78 is 27.4. The maximum Gasteiger partial charge on any atom is 0.258 e. The van der Waals surface area contributed by atoms with Crippen LogP contribution in [0.2, 0.25) is 0 Å². The van der Waals surface area contributed by atoms with Gasteiger partial charge in [0.05, 0.1) is 26.9 Å². The van der Waals surface area contributed by atoms with Crippen LogP contribution in [0.4, 0.5) is 5.69 Å². The highest BCUT2D eigenvalue weighted by Crippen LogP contribution is 2.32. The number of hydrogen-bond acceptors (Lipinski definition) is 7. The summed E-state index contributed by atoms with van der Waals surface area (Å²) in [7, 11) is 3.07. The van der Waals surface area contributed by atoms with Gasteiger partial charge in [-0.15, -0.1) is 0 Å². The van der Waals surface area contributed by atoms with Crippen LogP contribution in [0.3, 0.4) is 0 Å². The van der Waals surface area contributed by atoms with Crippen molar-refractivity contribution in [3.8, 4) is 23.0 Å². The van der Waals surface area contributed by atoms with Gasteiger partial charge in [-0.1, -0.05) is 0 Å². The van der Waals surface area contributed by atoms with Gasteiger partial charge in [-0.2, -0.15) is 0 Å². The van der Waals surface area contributed by atoms with Gasteiger partial charge in [0.15, 0.2) is 11.5 Å². The summed E-state index contributed by atoms with van der Waals surface area (Å²) in [6, 6.07) is 10.5. The average molecular weight is 441 g/mol. The van der Waals surface area contributed by atoms with Crippen molar-refractivity contribution in [2.45, 2.75) is 18.9 Å². The number of aliphatic imine (C=N–C) groups is 1. The first-order valence-corrected chi connectivity index (χ1v) is 10.5. The van der Waals surface area contributed by atoms with Crippen molar-refractivity contribution in [2.24, 2.45) is 4.99 Å². The zero-order valence-corrected chi connectivity index (χ0v) is 18.2. The number of nitrogens with one attached hydrogen (secondary N) is 2. The first-order chi connectivity index (χ1) is 15.6. The van der Waals surface area contributed by atoms with E-state index in [1.807, 2.05) is 18.2 Å². The number of benzene rings is 2. The second kappa shape index (κ2) is 10.2. The molecule has 2 N–H and O–H groups in total. The van der Waals surface area contributed by atoms with Gasteiger partial charge in [-0.25, -0.2) is 4.99 Å². The third-order valence-corrected chi connectivity index (χ3v) is 5.13. The molecule has 9 heteroatoms. The fourth-order valence-corrected chi connectivity index (χ4v) is 3.47. The van der Waals surface area contributed by atoms with Crippen LogP contribution < -0.4 is 29.6 Å². The summed E-state index contributed by atoms with van der Waals surface area (Å²) in [5.74, 6) is 2.33. The molecule has 4 rings (SSSR count). The number of anilines is 1. The molecule has 1 fully saturated rings. The number of methoxy groups -OCH3 is 2. The van der Waals surface area contributed by atoms with E-state index in [0.717, 1.165) is 19.4 Å². The number of fused-ring (bicyclic) bond motifs is 1. The van der Waals surface area contributed by atoms with Crippen molar-refractivity contribution in [3.63, 3.8) is 0 Å². The van der Waals surface area contributed by atoms with Gasteiger partial charge in [0, 0.05) is 30.0 Å². The number of carbonyl (C=O) groups is 1. The van der Waals surface area contributed by atoms with Gasteiger partial charge in [0.1, 0.15) is 24.7 Å². The average Bonchev–Trinajstić information content (AvgIpc) is 3.35. The summed E-state index contributed by atoms with van der Waals surface area (Å²) in [5, 5.41) is 6.03. The quantitative estimate of drug-likeness (QED) is 0.525. The molecule has 2 heterocycles. The largest absolute Gasteiger partial charge is 0.497 e. The van der Waals surface area contributed by atoms with E-state index < -0.39 is 0 Å². The predicted molar refractivity (Wildman–Crippen MR) is 119 cm³/mol. The molecule has 0 bridgehead atoms. The van der Waals surface area contributed by atoms with Crippen LogP contribution in [0.15, 0.2) is 41.4 Å². The second-order valence-electron chi connectivity index (χ2n) is 7.36. The highest BCUT2D eigenvalue weighted by Gasteiger charge is 2.18. The van der Waals surface area contributed by atoms with Gasteiger partial charge in [0.2, 0.25) is 5.96 Å². The number of rotatable bonds is 6. The Labute approximate surface area is 186 Å². The molecule has 2 aromatic carbocycles. The topological polar surface area (TPSA) is 99.6 Å². The van der Waals surface area contributed by atoms with E-state index in [-0.39, 0.29) is 12.0 Å². The summed E-state index contributed by atoms with van der Waals surface area (Å²) in [6.45, 7) is 2.19. The highest BCUT2D eigenvalue weighted by molar-refractivity contribution is 6.10. The normalized spacial score (nSPS) is 17.6. The number of guanidine groups is 1. The van der Waals surface area contributed by atoms with E-state index in [2.05, 4.69) is 15.6 Å². The van der Waals surface area contributed by atoms with Crippen LogP contribution in [-0.4, -0.2) is 58.6 Å². The van der Waals surface area contributed by atoms with Crippen LogP contribution in [0.5, 0.6) is 23.0 Å². The summed E-state index contributed by atoms with van der Waals surface area (Å²) in [5.41, 5.74) is 1.10. The number of hydrogen-bond donors (Lipinski definition) is 2. The van der Waals surface area contributed by atoms with Gasteiger partial charge in [-0.3, -0.25) is 10.1 Å². The number of ether oxygens (including phenoxy) is 5. The van der Waals surface area contributed by atoms with Crippen molar-refractivity contribution in [3.05, 3.63) is 42.0 Å². The van der Waals surface area contributed by atoms with Gasteiger partial charge < -0.3 is 29.0 Å². The molecule has 2 aliphatic rings. The van der Waals surface area contributed by atoms with E-state index in [0.29, 0.717) is 60.0 Å². The molecule has 0 saturated carbocycles. The molecule has 170 valence electrons.